The van der Waals surface area contributed by atoms with Crippen molar-refractivity contribution < 1.29 is 4.74 Å². The van der Waals surface area contributed by atoms with Crippen molar-refractivity contribution in [1.82, 2.24) is 5.32 Å². The first-order valence-electron chi connectivity index (χ1n) is 7.73. The molecule has 0 aliphatic carbocycles. The second kappa shape index (κ2) is 8.86. The fourth-order valence-corrected chi connectivity index (χ4v) is 2.14. The molecule has 3 heteroatoms. The van der Waals surface area contributed by atoms with E-state index in [1.807, 2.05) is 36.4 Å². The molecule has 0 radical (unpaired) electrons. The molecule has 0 spiro atoms. The molecule has 2 aromatic rings. The van der Waals surface area contributed by atoms with Crippen LogP contribution in [0.15, 0.2) is 48.5 Å². The quantitative estimate of drug-likeness (QED) is 0.748. The molecule has 0 fully saturated rings. The van der Waals surface area contributed by atoms with E-state index in [1.54, 1.807) is 0 Å². The fraction of sp³-hybridized carbons (Fsp3) is 0.316. The molecule has 0 unspecified atom stereocenters. The molecule has 2 aromatic carbocycles. The highest BCUT2D eigenvalue weighted by Gasteiger charge is 1.98. The number of rotatable bonds is 8. The molecule has 0 aliphatic heterocycles. The van der Waals surface area contributed by atoms with Crippen molar-refractivity contribution in [3.63, 3.8) is 0 Å². The Bertz CT molecular complexity index is 614. The van der Waals surface area contributed by atoms with Crippen LogP contribution in [0.2, 0.25) is 0 Å². The van der Waals surface area contributed by atoms with Crippen LogP contribution in [-0.4, -0.2) is 6.61 Å². The van der Waals surface area contributed by atoms with E-state index in [2.05, 4.69) is 30.4 Å². The van der Waals surface area contributed by atoms with E-state index in [4.69, 9.17) is 10.00 Å². The summed E-state index contributed by atoms with van der Waals surface area (Å²) in [4.78, 5) is 0. The molecule has 114 valence electrons. The lowest BCUT2D eigenvalue weighted by molar-refractivity contribution is 0.309. The van der Waals surface area contributed by atoms with Gasteiger partial charge < -0.3 is 10.1 Å². The summed E-state index contributed by atoms with van der Waals surface area (Å²) >= 11 is 0. The van der Waals surface area contributed by atoms with Crippen LogP contribution in [0.1, 0.15) is 36.5 Å². The van der Waals surface area contributed by atoms with Gasteiger partial charge in [0.05, 0.1) is 18.2 Å². The minimum absolute atomic E-state index is 0.702. The minimum Gasteiger partial charge on any atom is -0.494 e. The second-order valence-electron chi connectivity index (χ2n) is 5.26. The van der Waals surface area contributed by atoms with E-state index < -0.39 is 0 Å². The summed E-state index contributed by atoms with van der Waals surface area (Å²) in [6, 6.07) is 18.0. The Morgan fingerprint density at radius 3 is 2.55 bits per heavy atom. The highest BCUT2D eigenvalue weighted by Crippen LogP contribution is 2.13. The zero-order valence-electron chi connectivity index (χ0n) is 13.0. The maximum Gasteiger partial charge on any atom is 0.119 e. The molecular formula is C19H22N2O. The number of nitrogens with one attached hydrogen (secondary N) is 1. The third kappa shape index (κ3) is 5.23. The predicted molar refractivity (Wildman–Crippen MR) is 88.5 cm³/mol. The summed E-state index contributed by atoms with van der Waals surface area (Å²) in [5.74, 6) is 0.930. The van der Waals surface area contributed by atoms with E-state index in [9.17, 15) is 0 Å². The monoisotopic (exact) mass is 294 g/mol. The van der Waals surface area contributed by atoms with Crippen molar-refractivity contribution >= 4 is 0 Å². The van der Waals surface area contributed by atoms with E-state index in [0.29, 0.717) is 5.56 Å². The van der Waals surface area contributed by atoms with Crippen LogP contribution in [0.25, 0.3) is 0 Å². The normalized spacial score (nSPS) is 10.2. The van der Waals surface area contributed by atoms with Crippen LogP contribution in [0.4, 0.5) is 0 Å². The maximum atomic E-state index is 8.89. The first-order chi connectivity index (χ1) is 10.8. The lowest BCUT2D eigenvalue weighted by Crippen LogP contribution is -2.12. The van der Waals surface area contributed by atoms with Gasteiger partial charge in [-0.3, -0.25) is 0 Å². The number of hydrogen-bond acceptors (Lipinski definition) is 3. The molecule has 0 heterocycles. The molecule has 0 atom stereocenters. The van der Waals surface area contributed by atoms with Gasteiger partial charge in [0.25, 0.3) is 0 Å². The topological polar surface area (TPSA) is 45.0 Å². The number of unbranched alkanes of at least 4 members (excludes halogenated alkanes) is 1. The first kappa shape index (κ1) is 16.1. The van der Waals surface area contributed by atoms with Gasteiger partial charge in [-0.15, -0.1) is 0 Å². The molecule has 2 rings (SSSR count). The number of benzene rings is 2. The SMILES string of the molecule is CCCCOc1ccc(CNCc2cccc(C#N)c2)cc1. The number of hydrogen-bond donors (Lipinski definition) is 1. The third-order valence-electron chi connectivity index (χ3n) is 3.40. The fourth-order valence-electron chi connectivity index (χ4n) is 2.14. The zero-order valence-corrected chi connectivity index (χ0v) is 13.0. The average molecular weight is 294 g/mol. The van der Waals surface area contributed by atoms with Crippen molar-refractivity contribution in [2.45, 2.75) is 32.9 Å². The van der Waals surface area contributed by atoms with Crippen molar-refractivity contribution in [3.05, 3.63) is 65.2 Å². The van der Waals surface area contributed by atoms with Gasteiger partial charge in [0.2, 0.25) is 0 Å². The third-order valence-corrected chi connectivity index (χ3v) is 3.40. The van der Waals surface area contributed by atoms with Gasteiger partial charge >= 0.3 is 0 Å². The molecule has 22 heavy (non-hydrogen) atoms. The Labute approximate surface area is 132 Å². The van der Waals surface area contributed by atoms with Crippen LogP contribution in [0.3, 0.4) is 0 Å². The average Bonchev–Trinajstić information content (AvgIpc) is 2.57. The summed E-state index contributed by atoms with van der Waals surface area (Å²) in [5, 5.41) is 12.3. The number of nitriles is 1. The van der Waals surface area contributed by atoms with Gasteiger partial charge in [-0.2, -0.15) is 5.26 Å². The van der Waals surface area contributed by atoms with Gasteiger partial charge in [-0.05, 0) is 41.8 Å². The minimum atomic E-state index is 0.702. The molecular weight excluding hydrogens is 272 g/mol. The summed E-state index contributed by atoms with van der Waals surface area (Å²) < 4.78 is 5.65. The largest absolute Gasteiger partial charge is 0.494 e. The molecule has 0 saturated heterocycles. The second-order valence-corrected chi connectivity index (χ2v) is 5.26. The molecule has 0 amide bonds. The van der Waals surface area contributed by atoms with E-state index in [1.165, 1.54) is 5.56 Å². The van der Waals surface area contributed by atoms with Crippen molar-refractivity contribution in [1.29, 1.82) is 5.26 Å². The summed E-state index contributed by atoms with van der Waals surface area (Å²) in [6.07, 6.45) is 2.24. The van der Waals surface area contributed by atoms with Crippen LogP contribution in [0, 0.1) is 11.3 Å². The van der Waals surface area contributed by atoms with Gasteiger partial charge in [0.15, 0.2) is 0 Å². The lowest BCUT2D eigenvalue weighted by Gasteiger charge is -2.08. The number of ether oxygens (including phenoxy) is 1. The van der Waals surface area contributed by atoms with Crippen LogP contribution in [0.5, 0.6) is 5.75 Å². The van der Waals surface area contributed by atoms with Crippen molar-refractivity contribution in [2.24, 2.45) is 0 Å². The van der Waals surface area contributed by atoms with Crippen LogP contribution < -0.4 is 10.1 Å². The standard InChI is InChI=1S/C19H22N2O/c1-2-3-11-22-19-9-7-16(8-10-19)14-21-15-18-6-4-5-17(12-18)13-20/h4-10,12,21H,2-3,11,14-15H2,1H3. The predicted octanol–water partition coefficient (Wildman–Crippen LogP) is 4.03. The van der Waals surface area contributed by atoms with Gasteiger partial charge in [0, 0.05) is 13.1 Å². The highest BCUT2D eigenvalue weighted by atomic mass is 16.5. The van der Waals surface area contributed by atoms with Crippen molar-refractivity contribution in [3.8, 4) is 11.8 Å². The zero-order chi connectivity index (χ0) is 15.6. The van der Waals surface area contributed by atoms with Crippen molar-refractivity contribution in [2.75, 3.05) is 6.61 Å². The summed E-state index contributed by atoms with van der Waals surface area (Å²) in [5.41, 5.74) is 3.05. The molecule has 0 saturated carbocycles. The Hall–Kier alpha value is -2.31. The maximum absolute atomic E-state index is 8.89. The van der Waals surface area contributed by atoms with Gasteiger partial charge in [-0.1, -0.05) is 37.6 Å². The Morgan fingerprint density at radius 2 is 1.82 bits per heavy atom. The lowest BCUT2D eigenvalue weighted by atomic mass is 10.1. The Balaban J connectivity index is 1.78. The first-order valence-corrected chi connectivity index (χ1v) is 7.73. The Morgan fingerprint density at radius 1 is 1.05 bits per heavy atom. The molecule has 0 bridgehead atoms. The van der Waals surface area contributed by atoms with E-state index >= 15 is 0 Å². The molecule has 0 aromatic heterocycles. The van der Waals surface area contributed by atoms with Gasteiger partial charge in [0.1, 0.15) is 5.75 Å². The molecule has 3 nitrogen and oxygen atoms in total. The summed E-state index contributed by atoms with van der Waals surface area (Å²) in [6.45, 7) is 4.49. The molecule has 0 aliphatic rings. The van der Waals surface area contributed by atoms with E-state index in [-0.39, 0.29) is 0 Å². The highest BCUT2D eigenvalue weighted by molar-refractivity contribution is 5.32. The van der Waals surface area contributed by atoms with Gasteiger partial charge in [-0.25, -0.2) is 0 Å². The van der Waals surface area contributed by atoms with Crippen LogP contribution >= 0.6 is 0 Å². The molecule has 1 N–H and O–H groups in total. The van der Waals surface area contributed by atoms with Crippen LogP contribution in [-0.2, 0) is 13.1 Å². The smallest absolute Gasteiger partial charge is 0.119 e. The Kier molecular flexibility index (Phi) is 6.47. The number of nitrogens with zero attached hydrogens (tertiary/aromatic N) is 1. The summed E-state index contributed by atoms with van der Waals surface area (Å²) in [7, 11) is 0. The van der Waals surface area contributed by atoms with E-state index in [0.717, 1.165) is 43.9 Å².